The number of H-pyrrole nitrogens is 1. The molecule has 0 unspecified atom stereocenters. The van der Waals surface area contributed by atoms with E-state index >= 15 is 0 Å². The second kappa shape index (κ2) is 6.74. The average molecular weight is 351 g/mol. The van der Waals surface area contributed by atoms with Gasteiger partial charge < -0.3 is 10.3 Å². The van der Waals surface area contributed by atoms with E-state index in [0.717, 1.165) is 27.1 Å². The molecule has 0 bridgehead atoms. The number of fused-ring (bicyclic) bond motifs is 1. The van der Waals surface area contributed by atoms with Crippen LogP contribution in [0.2, 0.25) is 0 Å². The number of carbonyl (C=O) groups excluding carboxylic acids is 1. The van der Waals surface area contributed by atoms with Crippen LogP contribution in [0.15, 0.2) is 23.0 Å². The van der Waals surface area contributed by atoms with E-state index in [9.17, 15) is 18.0 Å². The Morgan fingerprint density at radius 2 is 2.00 bits per heavy atom. The third-order valence-electron chi connectivity index (χ3n) is 3.97. The number of amides is 1. The molecule has 7 nitrogen and oxygen atoms in total. The van der Waals surface area contributed by atoms with Crippen molar-refractivity contribution < 1.29 is 13.2 Å². The van der Waals surface area contributed by atoms with Gasteiger partial charge >= 0.3 is 0 Å². The van der Waals surface area contributed by atoms with Crippen LogP contribution < -0.4 is 10.9 Å². The van der Waals surface area contributed by atoms with Crippen molar-refractivity contribution in [1.29, 1.82) is 0 Å². The van der Waals surface area contributed by atoms with E-state index in [-0.39, 0.29) is 12.1 Å². The molecule has 0 radical (unpaired) electrons. The molecular weight excluding hydrogens is 330 g/mol. The fraction of sp³-hybridized carbons (Fsp3) is 0.375. The number of carbonyl (C=O) groups is 1. The standard InChI is InChI=1S/C16H21N3O4S/c1-5-12-10(2)13-7-6-11(8-14(13)18-16(12)21)17-15(20)9-19(3)24(4,22)23/h6-8H,5,9H2,1-4H3,(H,17,20)(H,18,21). The summed E-state index contributed by atoms with van der Waals surface area (Å²) in [5.41, 5.74) is 2.65. The molecule has 1 aromatic heterocycles. The first-order valence-electron chi connectivity index (χ1n) is 7.50. The first-order chi connectivity index (χ1) is 11.1. The van der Waals surface area contributed by atoms with E-state index < -0.39 is 15.9 Å². The van der Waals surface area contributed by atoms with Crippen molar-refractivity contribution in [3.63, 3.8) is 0 Å². The highest BCUT2D eigenvalue weighted by Gasteiger charge is 2.15. The number of aromatic nitrogens is 1. The van der Waals surface area contributed by atoms with Gasteiger partial charge in [-0.2, -0.15) is 4.31 Å². The molecule has 8 heteroatoms. The van der Waals surface area contributed by atoms with Gasteiger partial charge in [-0.15, -0.1) is 0 Å². The molecule has 130 valence electrons. The minimum absolute atomic E-state index is 0.136. The fourth-order valence-corrected chi connectivity index (χ4v) is 2.88. The Balaban J connectivity index is 2.29. The maximum atomic E-state index is 12.1. The molecule has 0 atom stereocenters. The van der Waals surface area contributed by atoms with Crippen LogP contribution >= 0.6 is 0 Å². The number of sulfonamides is 1. The Bertz CT molecular complexity index is 948. The number of pyridine rings is 1. The number of benzene rings is 1. The van der Waals surface area contributed by atoms with Gasteiger partial charge in [0.1, 0.15) is 0 Å². The Kier molecular flexibility index (Phi) is 5.10. The summed E-state index contributed by atoms with van der Waals surface area (Å²) in [5.74, 6) is -0.452. The van der Waals surface area contributed by atoms with Crippen LogP contribution in [0.25, 0.3) is 10.9 Å². The summed E-state index contributed by atoms with van der Waals surface area (Å²) in [6, 6.07) is 5.22. The van der Waals surface area contributed by atoms with Gasteiger partial charge in [0.05, 0.1) is 18.3 Å². The summed E-state index contributed by atoms with van der Waals surface area (Å²) in [7, 11) is -2.08. The largest absolute Gasteiger partial charge is 0.325 e. The number of hydrogen-bond acceptors (Lipinski definition) is 4. The van der Waals surface area contributed by atoms with E-state index in [1.54, 1.807) is 12.1 Å². The van der Waals surface area contributed by atoms with Gasteiger partial charge in [0.2, 0.25) is 15.9 Å². The van der Waals surface area contributed by atoms with Crippen molar-refractivity contribution >= 4 is 32.5 Å². The Morgan fingerprint density at radius 1 is 1.33 bits per heavy atom. The van der Waals surface area contributed by atoms with E-state index in [0.29, 0.717) is 17.6 Å². The Labute approximate surface area is 140 Å². The highest BCUT2D eigenvalue weighted by molar-refractivity contribution is 7.88. The van der Waals surface area contributed by atoms with E-state index in [4.69, 9.17) is 0 Å². The van der Waals surface area contributed by atoms with Gasteiger partial charge in [-0.05, 0) is 31.0 Å². The molecule has 2 rings (SSSR count). The average Bonchev–Trinajstić information content (AvgIpc) is 2.46. The van der Waals surface area contributed by atoms with Crippen molar-refractivity contribution in [2.45, 2.75) is 20.3 Å². The molecule has 0 aliphatic rings. The lowest BCUT2D eigenvalue weighted by atomic mass is 10.0. The maximum Gasteiger partial charge on any atom is 0.251 e. The molecule has 0 aliphatic heterocycles. The first-order valence-corrected chi connectivity index (χ1v) is 9.35. The number of hydrogen-bond donors (Lipinski definition) is 2. The summed E-state index contributed by atoms with van der Waals surface area (Å²) < 4.78 is 23.6. The predicted molar refractivity (Wildman–Crippen MR) is 94.8 cm³/mol. The van der Waals surface area contributed by atoms with Crippen molar-refractivity contribution in [2.75, 3.05) is 25.2 Å². The lowest BCUT2D eigenvalue weighted by Crippen LogP contribution is -2.34. The van der Waals surface area contributed by atoms with Crippen LogP contribution in [0.5, 0.6) is 0 Å². The SMILES string of the molecule is CCc1c(C)c2ccc(NC(=O)CN(C)S(C)(=O)=O)cc2[nH]c1=O. The van der Waals surface area contributed by atoms with E-state index in [2.05, 4.69) is 10.3 Å². The van der Waals surface area contributed by atoms with Crippen molar-refractivity contribution in [1.82, 2.24) is 9.29 Å². The molecule has 0 fully saturated rings. The third kappa shape index (κ3) is 3.82. The number of likely N-dealkylation sites (N-methyl/N-ethyl adjacent to an activating group) is 1. The molecular formula is C16H21N3O4S. The lowest BCUT2D eigenvalue weighted by molar-refractivity contribution is -0.116. The summed E-state index contributed by atoms with van der Waals surface area (Å²) in [6.07, 6.45) is 1.68. The minimum atomic E-state index is -3.42. The van der Waals surface area contributed by atoms with E-state index in [1.165, 1.54) is 7.05 Å². The highest BCUT2D eigenvalue weighted by Crippen LogP contribution is 2.21. The molecule has 2 aromatic rings. The van der Waals surface area contributed by atoms with Gasteiger partial charge in [-0.25, -0.2) is 8.42 Å². The molecule has 1 amide bonds. The minimum Gasteiger partial charge on any atom is -0.325 e. The molecule has 24 heavy (non-hydrogen) atoms. The fourth-order valence-electron chi connectivity index (χ4n) is 2.53. The molecule has 0 spiro atoms. The topological polar surface area (TPSA) is 99.3 Å². The summed E-state index contributed by atoms with van der Waals surface area (Å²) in [4.78, 5) is 26.8. The van der Waals surface area contributed by atoms with Crippen LogP contribution in [-0.4, -0.2) is 43.5 Å². The maximum absolute atomic E-state index is 12.1. The van der Waals surface area contributed by atoms with Gasteiger partial charge in [0.25, 0.3) is 5.56 Å². The van der Waals surface area contributed by atoms with E-state index in [1.807, 2.05) is 19.9 Å². The molecule has 1 aromatic carbocycles. The first kappa shape index (κ1) is 18.2. The van der Waals surface area contributed by atoms with Crippen LogP contribution in [0.3, 0.4) is 0 Å². The summed E-state index contributed by atoms with van der Waals surface area (Å²) in [6.45, 7) is 3.55. The number of aryl methyl sites for hydroxylation is 1. The van der Waals surface area contributed by atoms with Crippen LogP contribution in [0, 0.1) is 6.92 Å². The zero-order valence-electron chi connectivity index (χ0n) is 14.1. The van der Waals surface area contributed by atoms with Crippen LogP contribution in [-0.2, 0) is 21.2 Å². The van der Waals surface area contributed by atoms with Gasteiger partial charge in [0, 0.05) is 23.7 Å². The molecule has 0 aliphatic carbocycles. The number of anilines is 1. The predicted octanol–water partition coefficient (Wildman–Crippen LogP) is 1.23. The molecule has 0 saturated heterocycles. The molecule has 1 heterocycles. The zero-order chi connectivity index (χ0) is 18.1. The third-order valence-corrected chi connectivity index (χ3v) is 5.23. The van der Waals surface area contributed by atoms with Crippen molar-refractivity contribution in [2.24, 2.45) is 0 Å². The van der Waals surface area contributed by atoms with Crippen LogP contribution in [0.1, 0.15) is 18.1 Å². The van der Waals surface area contributed by atoms with Gasteiger partial charge in [-0.1, -0.05) is 13.0 Å². The lowest BCUT2D eigenvalue weighted by Gasteiger charge is -2.14. The molecule has 0 saturated carbocycles. The van der Waals surface area contributed by atoms with Gasteiger partial charge in [-0.3, -0.25) is 9.59 Å². The molecule has 2 N–H and O–H groups in total. The Hall–Kier alpha value is -2.19. The Morgan fingerprint density at radius 3 is 2.58 bits per heavy atom. The highest BCUT2D eigenvalue weighted by atomic mass is 32.2. The van der Waals surface area contributed by atoms with Crippen LogP contribution in [0.4, 0.5) is 5.69 Å². The van der Waals surface area contributed by atoms with Gasteiger partial charge in [0.15, 0.2) is 0 Å². The second-order valence-electron chi connectivity index (χ2n) is 5.74. The van der Waals surface area contributed by atoms with Crippen molar-refractivity contribution in [3.05, 3.63) is 39.7 Å². The quantitative estimate of drug-likeness (QED) is 0.846. The van der Waals surface area contributed by atoms with Crippen molar-refractivity contribution in [3.8, 4) is 0 Å². The number of nitrogens with one attached hydrogen (secondary N) is 2. The monoisotopic (exact) mass is 351 g/mol. The number of rotatable bonds is 5. The normalized spacial score (nSPS) is 11.9. The second-order valence-corrected chi connectivity index (χ2v) is 7.83. The number of nitrogens with zero attached hydrogens (tertiary/aromatic N) is 1. The summed E-state index contributed by atoms with van der Waals surface area (Å²) in [5, 5.41) is 3.55. The number of aromatic amines is 1. The summed E-state index contributed by atoms with van der Waals surface area (Å²) >= 11 is 0. The zero-order valence-corrected chi connectivity index (χ0v) is 15.0. The smallest absolute Gasteiger partial charge is 0.251 e.